The molecule has 0 bridgehead atoms. The predicted octanol–water partition coefficient (Wildman–Crippen LogP) is 4.92. The molecule has 4 atom stereocenters. The summed E-state index contributed by atoms with van der Waals surface area (Å²) in [7, 11) is 1.70. The van der Waals surface area contributed by atoms with Gasteiger partial charge in [-0.2, -0.15) is 0 Å². The molecule has 1 aromatic carbocycles. The van der Waals surface area contributed by atoms with Crippen LogP contribution in [-0.4, -0.2) is 33.9 Å². The molecule has 0 amide bonds. The molecule has 0 radical (unpaired) electrons. The maximum Gasteiger partial charge on any atom is 0.123 e. The number of aliphatic imine (C=N–C) groups is 1. The van der Waals surface area contributed by atoms with E-state index < -0.39 is 0 Å². The van der Waals surface area contributed by atoms with Gasteiger partial charge < -0.3 is 9.84 Å². The lowest BCUT2D eigenvalue weighted by atomic mass is 9.78. The summed E-state index contributed by atoms with van der Waals surface area (Å²) in [5.74, 6) is 1.76. The number of hydrogen-bond donors (Lipinski definition) is 1. The van der Waals surface area contributed by atoms with Crippen LogP contribution in [-0.2, 0) is 13.2 Å². The van der Waals surface area contributed by atoms with Crippen molar-refractivity contribution in [1.82, 2.24) is 9.88 Å². The molecule has 2 aliphatic heterocycles. The summed E-state index contributed by atoms with van der Waals surface area (Å²) < 4.78 is 5.70. The lowest BCUT2D eigenvalue weighted by Crippen LogP contribution is -2.52. The maximum atomic E-state index is 9.54. The number of benzene rings is 1. The van der Waals surface area contributed by atoms with E-state index in [2.05, 4.69) is 43.0 Å². The van der Waals surface area contributed by atoms with Gasteiger partial charge in [0.1, 0.15) is 5.75 Å². The molecule has 164 valence electrons. The highest BCUT2D eigenvalue weighted by Crippen LogP contribution is 2.41. The zero-order chi connectivity index (χ0) is 21.8. The lowest BCUT2D eigenvalue weighted by molar-refractivity contribution is 0.0680. The first kappa shape index (κ1) is 21.7. The van der Waals surface area contributed by atoms with E-state index >= 15 is 0 Å². The standard InChI is InChI=1S/C26H33N3O2/c1-18-7-6-14-28-25(18)26-19(2)9-12-23(22-8-4-5-13-27-22)29(26)16-21-11-10-20(17-30)15-24(21)31-3/h4-6,8,10-11,13-15,18-19,23,26,30H,7,9,12,16-17H2,1-3H3. The Labute approximate surface area is 185 Å². The lowest BCUT2D eigenvalue weighted by Gasteiger charge is -2.47. The van der Waals surface area contributed by atoms with Crippen molar-refractivity contribution < 1.29 is 9.84 Å². The summed E-state index contributed by atoms with van der Waals surface area (Å²) in [6.45, 7) is 5.40. The predicted molar refractivity (Wildman–Crippen MR) is 124 cm³/mol. The molecule has 5 nitrogen and oxygen atoms in total. The minimum atomic E-state index is 0.0111. The summed E-state index contributed by atoms with van der Waals surface area (Å²) in [4.78, 5) is 12.2. The van der Waals surface area contributed by atoms with Crippen molar-refractivity contribution in [3.05, 3.63) is 71.7 Å². The molecule has 2 aromatic rings. The number of likely N-dealkylation sites (tertiary alicyclic amines) is 1. The zero-order valence-electron chi connectivity index (χ0n) is 18.7. The fourth-order valence-corrected chi connectivity index (χ4v) is 5.06. The summed E-state index contributed by atoms with van der Waals surface area (Å²) >= 11 is 0. The number of nitrogens with zero attached hydrogens (tertiary/aromatic N) is 3. The molecule has 5 heteroatoms. The minimum absolute atomic E-state index is 0.0111. The fraction of sp³-hybridized carbons (Fsp3) is 0.462. The van der Waals surface area contributed by atoms with Crippen LogP contribution in [0.2, 0.25) is 0 Å². The normalized spacial score (nSPS) is 26.5. The van der Waals surface area contributed by atoms with Gasteiger partial charge in [0, 0.05) is 30.2 Å². The second kappa shape index (κ2) is 9.75. The van der Waals surface area contributed by atoms with Gasteiger partial charge in [-0.15, -0.1) is 0 Å². The van der Waals surface area contributed by atoms with E-state index in [4.69, 9.17) is 14.7 Å². The molecule has 31 heavy (non-hydrogen) atoms. The van der Waals surface area contributed by atoms with Gasteiger partial charge in [0.2, 0.25) is 0 Å². The number of ether oxygens (including phenoxy) is 1. The Morgan fingerprint density at radius 1 is 1.16 bits per heavy atom. The van der Waals surface area contributed by atoms with E-state index in [0.717, 1.165) is 48.4 Å². The number of hydrogen-bond acceptors (Lipinski definition) is 5. The molecule has 1 fully saturated rings. The van der Waals surface area contributed by atoms with Crippen molar-refractivity contribution >= 4 is 5.71 Å². The number of aliphatic hydroxyl groups excluding tert-OH is 1. The Morgan fingerprint density at radius 3 is 2.74 bits per heavy atom. The molecule has 3 heterocycles. The first-order valence-electron chi connectivity index (χ1n) is 11.3. The average Bonchev–Trinajstić information content (AvgIpc) is 2.81. The molecule has 0 saturated carbocycles. The summed E-state index contributed by atoms with van der Waals surface area (Å²) in [5.41, 5.74) is 4.38. The van der Waals surface area contributed by atoms with Crippen molar-refractivity contribution in [2.24, 2.45) is 16.8 Å². The van der Waals surface area contributed by atoms with Gasteiger partial charge in [-0.3, -0.25) is 14.9 Å². The fourth-order valence-electron chi connectivity index (χ4n) is 5.06. The van der Waals surface area contributed by atoms with Crippen LogP contribution < -0.4 is 4.74 Å². The van der Waals surface area contributed by atoms with Gasteiger partial charge in [-0.1, -0.05) is 38.1 Å². The van der Waals surface area contributed by atoms with E-state index in [1.807, 2.05) is 30.6 Å². The molecule has 2 aliphatic rings. The van der Waals surface area contributed by atoms with Crippen molar-refractivity contribution in [1.29, 1.82) is 0 Å². The molecule has 0 spiro atoms. The second-order valence-electron chi connectivity index (χ2n) is 8.82. The van der Waals surface area contributed by atoms with Crippen molar-refractivity contribution in [3.63, 3.8) is 0 Å². The topological polar surface area (TPSA) is 58.0 Å². The number of aliphatic hydroxyl groups is 1. The quantitative estimate of drug-likeness (QED) is 0.722. The highest BCUT2D eigenvalue weighted by molar-refractivity contribution is 5.93. The number of aromatic nitrogens is 1. The Hall–Kier alpha value is -2.50. The molecular weight excluding hydrogens is 386 g/mol. The number of pyridine rings is 1. The number of allylic oxidation sites excluding steroid dienone is 1. The third-order valence-electron chi connectivity index (χ3n) is 6.73. The second-order valence-corrected chi connectivity index (χ2v) is 8.82. The summed E-state index contributed by atoms with van der Waals surface area (Å²) in [5, 5.41) is 9.54. The minimum Gasteiger partial charge on any atom is -0.496 e. The molecule has 4 unspecified atom stereocenters. The van der Waals surface area contributed by atoms with Crippen LogP contribution in [0.15, 0.2) is 59.9 Å². The monoisotopic (exact) mass is 419 g/mol. The third kappa shape index (κ3) is 4.58. The van der Waals surface area contributed by atoms with Crippen LogP contribution in [0.1, 0.15) is 56.0 Å². The number of rotatable bonds is 6. The zero-order valence-corrected chi connectivity index (χ0v) is 18.7. The molecule has 1 N–H and O–H groups in total. The first-order valence-corrected chi connectivity index (χ1v) is 11.3. The van der Waals surface area contributed by atoms with Crippen molar-refractivity contribution in [3.8, 4) is 5.75 Å². The molecule has 1 aromatic heterocycles. The first-order chi connectivity index (χ1) is 15.1. The molecular formula is C26H33N3O2. The highest BCUT2D eigenvalue weighted by Gasteiger charge is 2.40. The smallest absolute Gasteiger partial charge is 0.123 e. The van der Waals surface area contributed by atoms with E-state index in [9.17, 15) is 5.11 Å². The van der Waals surface area contributed by atoms with Crippen molar-refractivity contribution in [2.45, 2.75) is 58.3 Å². The van der Waals surface area contributed by atoms with Crippen LogP contribution in [0.5, 0.6) is 5.75 Å². The van der Waals surface area contributed by atoms with Gasteiger partial charge in [0.05, 0.1) is 31.5 Å². The van der Waals surface area contributed by atoms with Gasteiger partial charge in [-0.25, -0.2) is 0 Å². The van der Waals surface area contributed by atoms with E-state index in [1.165, 1.54) is 5.71 Å². The average molecular weight is 420 g/mol. The summed E-state index contributed by atoms with van der Waals surface area (Å²) in [6, 6.07) is 12.7. The van der Waals surface area contributed by atoms with Gasteiger partial charge in [0.15, 0.2) is 0 Å². The van der Waals surface area contributed by atoms with Gasteiger partial charge in [-0.05, 0) is 54.9 Å². The Morgan fingerprint density at radius 2 is 2.03 bits per heavy atom. The number of methoxy groups -OCH3 is 1. The van der Waals surface area contributed by atoms with Crippen molar-refractivity contribution in [2.75, 3.05) is 7.11 Å². The Bertz CT molecular complexity index is 941. The van der Waals surface area contributed by atoms with Gasteiger partial charge in [0.25, 0.3) is 0 Å². The SMILES string of the molecule is COc1cc(CO)ccc1CN1C(c2ccccn2)CCC(C)C1C1=NC=CCC1C. The Kier molecular flexibility index (Phi) is 6.83. The largest absolute Gasteiger partial charge is 0.496 e. The van der Waals surface area contributed by atoms with E-state index in [0.29, 0.717) is 11.8 Å². The maximum absolute atomic E-state index is 9.54. The third-order valence-corrected chi connectivity index (χ3v) is 6.73. The molecule has 0 aliphatic carbocycles. The Balaban J connectivity index is 1.76. The van der Waals surface area contributed by atoms with E-state index in [1.54, 1.807) is 7.11 Å². The van der Waals surface area contributed by atoms with Gasteiger partial charge >= 0.3 is 0 Å². The molecule has 4 rings (SSSR count). The van der Waals surface area contributed by atoms with E-state index in [-0.39, 0.29) is 18.7 Å². The highest BCUT2D eigenvalue weighted by atomic mass is 16.5. The number of piperidine rings is 1. The van der Waals surface area contributed by atoms with Crippen LogP contribution in [0.25, 0.3) is 0 Å². The summed E-state index contributed by atoms with van der Waals surface area (Å²) in [6.07, 6.45) is 9.29. The van der Waals surface area contributed by atoms with Crippen LogP contribution >= 0.6 is 0 Å². The molecule has 1 saturated heterocycles. The van der Waals surface area contributed by atoms with Crippen LogP contribution in [0, 0.1) is 11.8 Å². The van der Waals surface area contributed by atoms with Crippen LogP contribution in [0.4, 0.5) is 0 Å². The van der Waals surface area contributed by atoms with Crippen LogP contribution in [0.3, 0.4) is 0 Å².